The van der Waals surface area contributed by atoms with Crippen molar-refractivity contribution in [2.24, 2.45) is 0 Å². The Morgan fingerprint density at radius 2 is 0.844 bits per heavy atom. The Balaban J connectivity index is 0.896. The molecule has 13 rings (SSSR count). The molecule has 302 valence electrons. The average Bonchev–Trinajstić information content (AvgIpc) is 3.92. The fourth-order valence-corrected chi connectivity index (χ4v) is 13.4. The third-order valence-electron chi connectivity index (χ3n) is 13.8. The summed E-state index contributed by atoms with van der Waals surface area (Å²) < 4.78 is 5.48. The molecule has 0 aliphatic heterocycles. The molecule has 64 heavy (non-hydrogen) atoms. The molecule has 0 saturated heterocycles. The van der Waals surface area contributed by atoms with Crippen molar-refractivity contribution in [3.05, 3.63) is 228 Å². The van der Waals surface area contributed by atoms with E-state index in [0.717, 1.165) is 12.8 Å². The molecule has 0 amide bonds. The molecule has 13 aromatic rings. The summed E-state index contributed by atoms with van der Waals surface area (Å²) in [5.41, 5.74) is 13.5. The van der Waals surface area contributed by atoms with Gasteiger partial charge in [0.25, 0.3) is 0 Å². The second-order valence-corrected chi connectivity index (χ2v) is 19.7. The average molecular weight is 851 g/mol. The van der Waals surface area contributed by atoms with Crippen LogP contribution in [0.2, 0.25) is 0 Å². The Bertz CT molecular complexity index is 4050. The normalized spacial score (nSPS) is 12.0. The second kappa shape index (κ2) is 14.7. The van der Waals surface area contributed by atoms with Crippen LogP contribution in [0.5, 0.6) is 0 Å². The van der Waals surface area contributed by atoms with E-state index >= 15 is 0 Å². The van der Waals surface area contributed by atoms with E-state index in [0.29, 0.717) is 0 Å². The first kappa shape index (κ1) is 37.5. The van der Waals surface area contributed by atoms with Gasteiger partial charge < -0.3 is 0 Å². The van der Waals surface area contributed by atoms with Crippen LogP contribution in [0.15, 0.2) is 194 Å². The van der Waals surface area contributed by atoms with Crippen LogP contribution in [0, 0.1) is 13.8 Å². The fourth-order valence-electron chi connectivity index (χ4n) is 10.9. The topological polar surface area (TPSA) is 0 Å². The van der Waals surface area contributed by atoms with Crippen LogP contribution in [0.25, 0.3) is 106 Å². The highest BCUT2D eigenvalue weighted by Crippen LogP contribution is 2.49. The minimum atomic E-state index is 0.856. The van der Waals surface area contributed by atoms with E-state index in [1.54, 1.807) is 0 Å². The van der Waals surface area contributed by atoms with Crippen LogP contribution >= 0.6 is 22.7 Å². The number of aryl methyl sites for hydroxylation is 2. The molecule has 2 heterocycles. The summed E-state index contributed by atoms with van der Waals surface area (Å²) in [6.07, 6.45) is 1.72. The molecule has 0 unspecified atom stereocenters. The van der Waals surface area contributed by atoms with Crippen molar-refractivity contribution in [3.8, 4) is 22.3 Å². The molecule has 2 heteroatoms. The Labute approximate surface area is 380 Å². The molecule has 0 spiro atoms. The van der Waals surface area contributed by atoms with Gasteiger partial charge in [-0.25, -0.2) is 0 Å². The third kappa shape index (κ3) is 5.87. The lowest BCUT2D eigenvalue weighted by Gasteiger charge is -2.18. The molecule has 0 N–H and O–H groups in total. The maximum absolute atomic E-state index is 2.44. The molecule has 0 bridgehead atoms. The van der Waals surface area contributed by atoms with Gasteiger partial charge in [0, 0.05) is 40.3 Å². The first-order chi connectivity index (χ1) is 31.6. The summed E-state index contributed by atoms with van der Waals surface area (Å²) >= 11 is 3.87. The van der Waals surface area contributed by atoms with Crippen molar-refractivity contribution in [1.82, 2.24) is 0 Å². The quantitative estimate of drug-likeness (QED) is 0.146. The molecule has 0 fully saturated rings. The largest absolute Gasteiger partial charge is 0.135 e. The number of fused-ring (bicyclic) bond motifs is 12. The van der Waals surface area contributed by atoms with Crippen LogP contribution in [0.4, 0.5) is 0 Å². The Hall–Kier alpha value is -7.10. The van der Waals surface area contributed by atoms with E-state index in [-0.39, 0.29) is 0 Å². The predicted molar refractivity (Wildman–Crippen MR) is 281 cm³/mol. The van der Waals surface area contributed by atoms with Crippen molar-refractivity contribution >= 4 is 106 Å². The zero-order valence-corrected chi connectivity index (χ0v) is 37.3. The maximum atomic E-state index is 2.44. The Morgan fingerprint density at radius 3 is 1.48 bits per heavy atom. The zero-order valence-electron chi connectivity index (χ0n) is 35.7. The minimum Gasteiger partial charge on any atom is -0.135 e. The minimum absolute atomic E-state index is 0.856. The lowest BCUT2D eigenvalue weighted by Crippen LogP contribution is -1.97. The summed E-state index contributed by atoms with van der Waals surface area (Å²) in [7, 11) is 0. The second-order valence-electron chi connectivity index (χ2n) is 17.6. The van der Waals surface area contributed by atoms with E-state index in [1.165, 1.54) is 139 Å². The Kier molecular flexibility index (Phi) is 8.63. The van der Waals surface area contributed by atoms with Gasteiger partial charge in [-0.1, -0.05) is 170 Å². The van der Waals surface area contributed by atoms with Crippen LogP contribution in [0.3, 0.4) is 0 Å². The summed E-state index contributed by atoms with van der Waals surface area (Å²) in [4.78, 5) is 0. The first-order valence-electron chi connectivity index (χ1n) is 22.3. The van der Waals surface area contributed by atoms with Crippen LogP contribution < -0.4 is 0 Å². The highest BCUT2D eigenvalue weighted by molar-refractivity contribution is 7.26. The number of thiophene rings is 2. The van der Waals surface area contributed by atoms with Gasteiger partial charge in [-0.05, 0) is 150 Å². The van der Waals surface area contributed by atoms with Gasteiger partial charge in [0.1, 0.15) is 0 Å². The molecule has 11 aromatic carbocycles. The van der Waals surface area contributed by atoms with Crippen molar-refractivity contribution < 1.29 is 0 Å². The molecule has 0 radical (unpaired) electrons. The molecule has 0 aliphatic rings. The van der Waals surface area contributed by atoms with Gasteiger partial charge in [-0.3, -0.25) is 0 Å². The smallest absolute Gasteiger partial charge is 0.0403 e. The summed E-state index contributed by atoms with van der Waals surface area (Å²) in [6, 6.07) is 72.9. The number of hydrogen-bond acceptors (Lipinski definition) is 2. The lowest BCUT2D eigenvalue weighted by atomic mass is 9.86. The number of benzene rings is 11. The summed E-state index contributed by atoms with van der Waals surface area (Å²) in [6.45, 7) is 4.59. The molecule has 2 aromatic heterocycles. The maximum Gasteiger partial charge on any atom is 0.0403 e. The van der Waals surface area contributed by atoms with Gasteiger partial charge in [0.05, 0.1) is 0 Å². The van der Waals surface area contributed by atoms with Gasteiger partial charge in [0.2, 0.25) is 0 Å². The number of hydrogen-bond donors (Lipinski definition) is 0. The zero-order chi connectivity index (χ0) is 42.5. The van der Waals surface area contributed by atoms with E-state index in [4.69, 9.17) is 0 Å². The molecule has 0 nitrogen and oxygen atoms in total. The molecular weight excluding hydrogens is 809 g/mol. The molecule has 0 saturated carbocycles. The first-order valence-corrected chi connectivity index (χ1v) is 24.0. The van der Waals surface area contributed by atoms with Crippen molar-refractivity contribution in [1.29, 1.82) is 0 Å². The third-order valence-corrected chi connectivity index (χ3v) is 16.3. The standard InChI is InChI=1S/C62H42S2/c1-37-15-3-5-17-46(37)58-49-20-8-10-22-51(49)60-53-24-12-14-26-56(53)64-62(60)54(58)34-40-28-30-42-35-44-32-39(27-29-41(44)36-45(42)33-40)31-43-16-4-6-18-47(43)57-38(2)61-59(50-21-9-7-19-48(50)57)52-23-11-13-25-55(52)63-61/h3-30,32-33,35-36H,31,34H2,1-2H3. The van der Waals surface area contributed by atoms with E-state index in [9.17, 15) is 0 Å². The number of rotatable bonds is 6. The Morgan fingerprint density at radius 1 is 0.359 bits per heavy atom. The summed E-state index contributed by atoms with van der Waals surface area (Å²) in [5, 5.41) is 15.9. The highest BCUT2D eigenvalue weighted by atomic mass is 32.1. The van der Waals surface area contributed by atoms with Gasteiger partial charge in [-0.15, -0.1) is 22.7 Å². The van der Waals surface area contributed by atoms with Crippen molar-refractivity contribution in [3.63, 3.8) is 0 Å². The van der Waals surface area contributed by atoms with Gasteiger partial charge in [0.15, 0.2) is 0 Å². The van der Waals surface area contributed by atoms with Crippen molar-refractivity contribution in [2.75, 3.05) is 0 Å². The van der Waals surface area contributed by atoms with E-state index < -0.39 is 0 Å². The van der Waals surface area contributed by atoms with E-state index in [2.05, 4.69) is 208 Å². The van der Waals surface area contributed by atoms with Crippen LogP contribution in [0.1, 0.15) is 33.4 Å². The molecular formula is C62H42S2. The predicted octanol–water partition coefficient (Wildman–Crippen LogP) is 18.2. The van der Waals surface area contributed by atoms with Crippen molar-refractivity contribution in [2.45, 2.75) is 26.7 Å². The summed E-state index contributed by atoms with van der Waals surface area (Å²) in [5.74, 6) is 0. The monoisotopic (exact) mass is 850 g/mol. The van der Waals surface area contributed by atoms with Crippen LogP contribution in [-0.2, 0) is 12.8 Å². The fraction of sp³-hybridized carbons (Fsp3) is 0.0645. The van der Waals surface area contributed by atoms with E-state index in [1.807, 2.05) is 22.7 Å². The highest BCUT2D eigenvalue weighted by Gasteiger charge is 2.22. The molecule has 0 atom stereocenters. The molecule has 0 aliphatic carbocycles. The van der Waals surface area contributed by atoms with Gasteiger partial charge >= 0.3 is 0 Å². The SMILES string of the molecule is Cc1ccccc1-c1c(Cc2ccc3cc4cc(Cc5ccccc5-c5c(C)c6sc7ccccc7c6c6ccccc56)ccc4cc3c2)c2sc3ccccc3c2c2ccccc12. The van der Waals surface area contributed by atoms with Gasteiger partial charge in [-0.2, -0.15) is 0 Å². The lowest BCUT2D eigenvalue weighted by molar-refractivity contribution is 1.20. The van der Waals surface area contributed by atoms with Crippen LogP contribution in [-0.4, -0.2) is 0 Å².